The number of hydrogen-bond acceptors (Lipinski definition) is 5. The number of fused-ring (bicyclic) bond motifs is 1. The van der Waals surface area contributed by atoms with E-state index in [1.807, 2.05) is 6.20 Å². The molecule has 3 aliphatic heterocycles. The minimum atomic E-state index is -0.650. The predicted octanol–water partition coefficient (Wildman–Crippen LogP) is 3.38. The van der Waals surface area contributed by atoms with Gasteiger partial charge < -0.3 is 4.90 Å². The summed E-state index contributed by atoms with van der Waals surface area (Å²) in [4.78, 5) is 36.8. The van der Waals surface area contributed by atoms with Crippen molar-refractivity contribution < 1.29 is 18.4 Å². The van der Waals surface area contributed by atoms with E-state index in [9.17, 15) is 18.4 Å². The number of pyridine rings is 1. The Hall–Kier alpha value is -4.14. The van der Waals surface area contributed by atoms with E-state index in [1.165, 1.54) is 41.1 Å². The first-order valence-electron chi connectivity index (χ1n) is 10.9. The molecule has 0 bridgehead atoms. The lowest BCUT2D eigenvalue weighted by Crippen LogP contribution is -2.32. The normalized spacial score (nSPS) is 19.3. The predicted molar refractivity (Wildman–Crippen MR) is 122 cm³/mol. The summed E-state index contributed by atoms with van der Waals surface area (Å²) in [6.45, 7) is 4.20. The highest BCUT2D eigenvalue weighted by Gasteiger charge is 2.40. The van der Waals surface area contributed by atoms with Crippen LogP contribution in [-0.4, -0.2) is 33.0 Å². The van der Waals surface area contributed by atoms with Crippen LogP contribution in [0, 0.1) is 17.6 Å². The summed E-state index contributed by atoms with van der Waals surface area (Å²) in [5.41, 5.74) is 2.88. The van der Waals surface area contributed by atoms with Gasteiger partial charge in [0.05, 0.1) is 34.4 Å². The maximum Gasteiger partial charge on any atom is 0.261 e. The lowest BCUT2D eigenvalue weighted by Gasteiger charge is -2.27. The quantitative estimate of drug-likeness (QED) is 0.609. The molecule has 0 radical (unpaired) electrons. The summed E-state index contributed by atoms with van der Waals surface area (Å²) in [5, 5.41) is 2.32. The molecule has 3 aliphatic rings. The minimum Gasteiger partial charge on any atom is -0.342 e. The summed E-state index contributed by atoms with van der Waals surface area (Å²) in [5.74, 6) is -1.98. The molecule has 1 aromatic carbocycles. The maximum absolute atomic E-state index is 14.7. The number of aromatic nitrogens is 2. The molecule has 3 aromatic rings. The summed E-state index contributed by atoms with van der Waals surface area (Å²) in [6.07, 6.45) is 6.64. The molecule has 1 atom stereocenters. The van der Waals surface area contributed by atoms with Crippen molar-refractivity contribution in [1.82, 2.24) is 14.7 Å². The van der Waals surface area contributed by atoms with Crippen LogP contribution >= 0.6 is 0 Å². The Labute approximate surface area is 193 Å². The van der Waals surface area contributed by atoms with Crippen LogP contribution in [0.15, 0.2) is 59.6 Å². The van der Waals surface area contributed by atoms with Crippen molar-refractivity contribution in [2.45, 2.75) is 26.3 Å². The second-order valence-corrected chi connectivity index (χ2v) is 8.91. The third-order valence-electron chi connectivity index (χ3n) is 6.55. The van der Waals surface area contributed by atoms with Crippen LogP contribution in [0.5, 0.6) is 0 Å². The molecule has 1 N–H and O–H groups in total. The average molecular weight is 459 g/mol. The molecule has 0 fully saturated rings. The van der Waals surface area contributed by atoms with Crippen LogP contribution in [0.4, 0.5) is 14.5 Å². The molecule has 7 nitrogen and oxygen atoms in total. The molecule has 0 aliphatic carbocycles. The van der Waals surface area contributed by atoms with Gasteiger partial charge in [-0.15, -0.1) is 0 Å². The monoisotopic (exact) mass is 459 g/mol. The molecular formula is C25H19F2N5O2. The number of halogens is 2. The van der Waals surface area contributed by atoms with Gasteiger partial charge >= 0.3 is 0 Å². The van der Waals surface area contributed by atoms with Gasteiger partial charge in [0.2, 0.25) is 0 Å². The molecule has 34 heavy (non-hydrogen) atoms. The zero-order chi connectivity index (χ0) is 23.7. The van der Waals surface area contributed by atoms with Gasteiger partial charge in [-0.2, -0.15) is 0 Å². The van der Waals surface area contributed by atoms with E-state index >= 15 is 0 Å². The number of anilines is 1. The minimum absolute atomic E-state index is 0.00311. The van der Waals surface area contributed by atoms with Crippen molar-refractivity contribution in [2.75, 3.05) is 4.90 Å². The van der Waals surface area contributed by atoms with Crippen molar-refractivity contribution in [2.24, 2.45) is 10.9 Å². The maximum atomic E-state index is 14.7. The Morgan fingerprint density at radius 1 is 1.09 bits per heavy atom. The number of carbonyl (C=O) groups excluding carboxylic acids is 2. The first kappa shape index (κ1) is 20.5. The molecule has 1 unspecified atom stereocenters. The number of hydrogen-bond donors (Lipinski definition) is 1. The van der Waals surface area contributed by atoms with Gasteiger partial charge in [0.25, 0.3) is 11.8 Å². The summed E-state index contributed by atoms with van der Waals surface area (Å²) in [7, 11) is 0. The molecule has 170 valence electrons. The fourth-order valence-corrected chi connectivity index (χ4v) is 5.04. The largest absolute Gasteiger partial charge is 0.342 e. The number of nitrogens with zero attached hydrogens (tertiary/aromatic N) is 4. The van der Waals surface area contributed by atoms with E-state index in [0.717, 1.165) is 11.3 Å². The van der Waals surface area contributed by atoms with Gasteiger partial charge in [-0.25, -0.2) is 13.8 Å². The number of carbonyl (C=O) groups is 2. The van der Waals surface area contributed by atoms with E-state index in [0.29, 0.717) is 17.6 Å². The average Bonchev–Trinajstić information content (AvgIpc) is 3.39. The van der Waals surface area contributed by atoms with Gasteiger partial charge in [0.1, 0.15) is 17.3 Å². The molecule has 2 aromatic heterocycles. The number of benzene rings is 1. The first-order valence-corrected chi connectivity index (χ1v) is 10.9. The Kier molecular flexibility index (Phi) is 4.32. The SMILES string of the molecule is CC(C)C1Cc2cc(F)cc3c2N1C=CN=C3C1=C(c2cnc3ccc(F)cn23)C(=O)NC1=O. The molecular weight excluding hydrogens is 440 g/mol. The van der Waals surface area contributed by atoms with E-state index in [-0.39, 0.29) is 34.5 Å². The highest BCUT2D eigenvalue weighted by Crippen LogP contribution is 2.42. The van der Waals surface area contributed by atoms with E-state index in [1.54, 1.807) is 6.20 Å². The van der Waals surface area contributed by atoms with Crippen LogP contribution in [-0.2, 0) is 16.0 Å². The molecule has 0 saturated heterocycles. The lowest BCUT2D eigenvalue weighted by molar-refractivity contribution is -0.123. The summed E-state index contributed by atoms with van der Waals surface area (Å²) >= 11 is 0. The second kappa shape index (κ2) is 7.18. The molecule has 6 rings (SSSR count). The van der Waals surface area contributed by atoms with Gasteiger partial charge in [-0.3, -0.25) is 24.3 Å². The smallest absolute Gasteiger partial charge is 0.261 e. The zero-order valence-electron chi connectivity index (χ0n) is 18.3. The number of imidazole rings is 1. The fourth-order valence-electron chi connectivity index (χ4n) is 5.04. The number of aliphatic imine (C=N–C) groups is 1. The Morgan fingerprint density at radius 3 is 2.68 bits per heavy atom. The van der Waals surface area contributed by atoms with Crippen LogP contribution < -0.4 is 10.2 Å². The number of nitrogens with one attached hydrogen (secondary N) is 1. The third-order valence-corrected chi connectivity index (χ3v) is 6.55. The third kappa shape index (κ3) is 2.86. The van der Waals surface area contributed by atoms with Crippen molar-refractivity contribution in [3.63, 3.8) is 0 Å². The Bertz CT molecular complexity index is 1510. The van der Waals surface area contributed by atoms with Gasteiger partial charge in [-0.1, -0.05) is 13.8 Å². The standard InChI is InChI=1S/C25H19F2N5O2/c1-12(2)17-8-13-7-15(27)9-16-22(28-5-6-31(17)23(13)16)21-20(24(33)30-25(21)34)18-10-29-19-4-3-14(26)11-32(18)19/h3-7,9-12,17H,8H2,1-2H3,(H,30,33,34). The summed E-state index contributed by atoms with van der Waals surface area (Å²) < 4.78 is 30.1. The lowest BCUT2D eigenvalue weighted by atomic mass is 9.94. The Balaban J connectivity index is 1.61. The van der Waals surface area contributed by atoms with E-state index < -0.39 is 23.4 Å². The molecule has 2 amide bonds. The summed E-state index contributed by atoms with van der Waals surface area (Å²) in [6, 6.07) is 5.69. The second-order valence-electron chi connectivity index (χ2n) is 8.91. The molecule has 0 saturated carbocycles. The van der Waals surface area contributed by atoms with Crippen molar-refractivity contribution >= 4 is 34.4 Å². The first-order chi connectivity index (χ1) is 16.3. The van der Waals surface area contributed by atoms with Crippen LogP contribution in [0.2, 0.25) is 0 Å². The van der Waals surface area contributed by atoms with Crippen molar-refractivity contribution in [1.29, 1.82) is 0 Å². The number of rotatable bonds is 3. The van der Waals surface area contributed by atoms with Gasteiger partial charge in [0, 0.05) is 30.2 Å². The van der Waals surface area contributed by atoms with Crippen molar-refractivity contribution in [3.05, 3.63) is 83.1 Å². The number of imide groups is 1. The molecule has 5 heterocycles. The molecule has 9 heteroatoms. The van der Waals surface area contributed by atoms with Crippen LogP contribution in [0.25, 0.3) is 11.2 Å². The van der Waals surface area contributed by atoms with Gasteiger partial charge in [-0.05, 0) is 42.2 Å². The van der Waals surface area contributed by atoms with E-state index in [2.05, 4.69) is 34.0 Å². The van der Waals surface area contributed by atoms with Crippen molar-refractivity contribution in [3.8, 4) is 0 Å². The highest BCUT2D eigenvalue weighted by atomic mass is 19.1. The van der Waals surface area contributed by atoms with Gasteiger partial charge in [0.15, 0.2) is 0 Å². The number of amides is 2. The fraction of sp³-hybridized carbons (Fsp3) is 0.200. The Morgan fingerprint density at radius 2 is 1.88 bits per heavy atom. The zero-order valence-corrected chi connectivity index (χ0v) is 18.3. The van der Waals surface area contributed by atoms with Crippen LogP contribution in [0.1, 0.15) is 30.7 Å². The highest BCUT2D eigenvalue weighted by molar-refractivity contribution is 6.47. The topological polar surface area (TPSA) is 79.1 Å². The molecule has 0 spiro atoms. The van der Waals surface area contributed by atoms with Crippen LogP contribution in [0.3, 0.4) is 0 Å². The van der Waals surface area contributed by atoms with E-state index in [4.69, 9.17) is 0 Å².